The van der Waals surface area contributed by atoms with E-state index in [9.17, 15) is 0 Å². The summed E-state index contributed by atoms with van der Waals surface area (Å²) in [7, 11) is 0. The molecule has 0 spiro atoms. The molecule has 0 saturated carbocycles. The first-order valence-electron chi connectivity index (χ1n) is 7.46. The number of hydrogen-bond acceptors (Lipinski definition) is 1. The van der Waals surface area contributed by atoms with Gasteiger partial charge in [-0.3, -0.25) is 0 Å². The monoisotopic (exact) mass is 259 g/mol. The molecule has 0 amide bonds. The molecule has 19 heavy (non-hydrogen) atoms. The Morgan fingerprint density at radius 3 is 2.37 bits per heavy atom. The molecule has 1 rings (SSSR count). The zero-order valence-electron chi connectivity index (χ0n) is 13.1. The predicted octanol–water partition coefficient (Wildman–Crippen LogP) is 4.57. The van der Waals surface area contributed by atoms with Gasteiger partial charge in [-0.05, 0) is 58.6 Å². The van der Waals surface area contributed by atoms with Crippen molar-refractivity contribution in [2.75, 3.05) is 6.54 Å². The van der Waals surface area contributed by atoms with Crippen LogP contribution in [0.3, 0.4) is 0 Å². The molecule has 0 aliphatic heterocycles. The van der Waals surface area contributed by atoms with Crippen molar-refractivity contribution >= 4 is 0 Å². The van der Waals surface area contributed by atoms with E-state index in [-0.39, 0.29) is 0 Å². The number of allylic oxidation sites excluding steroid dienone is 1. The minimum absolute atomic E-state index is 0.567. The molecular formula is C18H29N. The smallest absolute Gasteiger partial charge is 0.0110 e. The molecule has 1 heteroatoms. The van der Waals surface area contributed by atoms with E-state index >= 15 is 0 Å². The molecule has 0 aliphatic rings. The standard InChI is InChI=1S/C18H29N/c1-6-9-19-18(8-7-14(2)3)13-17-11-15(4)10-16(5)12-17/h10-12,18-19H,2,6-9,13H2,1,3-5H3. The third-order valence-electron chi connectivity index (χ3n) is 3.37. The van der Waals surface area contributed by atoms with Gasteiger partial charge in [0.1, 0.15) is 0 Å². The van der Waals surface area contributed by atoms with Gasteiger partial charge in [-0.25, -0.2) is 0 Å². The highest BCUT2D eigenvalue weighted by atomic mass is 14.9. The number of benzene rings is 1. The highest BCUT2D eigenvalue weighted by Gasteiger charge is 2.09. The molecule has 0 aliphatic carbocycles. The lowest BCUT2D eigenvalue weighted by Crippen LogP contribution is -2.31. The molecule has 1 aromatic carbocycles. The van der Waals surface area contributed by atoms with Crippen LogP contribution in [0.25, 0.3) is 0 Å². The Balaban J connectivity index is 2.66. The van der Waals surface area contributed by atoms with Crippen LogP contribution in [0.15, 0.2) is 30.4 Å². The lowest BCUT2D eigenvalue weighted by atomic mass is 9.97. The summed E-state index contributed by atoms with van der Waals surface area (Å²) < 4.78 is 0. The van der Waals surface area contributed by atoms with Crippen LogP contribution in [0, 0.1) is 13.8 Å². The number of hydrogen-bond donors (Lipinski definition) is 1. The predicted molar refractivity (Wildman–Crippen MR) is 85.7 cm³/mol. The van der Waals surface area contributed by atoms with E-state index < -0.39 is 0 Å². The van der Waals surface area contributed by atoms with E-state index in [2.05, 4.69) is 57.8 Å². The van der Waals surface area contributed by atoms with Gasteiger partial charge in [0, 0.05) is 6.04 Å². The van der Waals surface area contributed by atoms with Crippen molar-refractivity contribution in [2.24, 2.45) is 0 Å². The van der Waals surface area contributed by atoms with Gasteiger partial charge in [-0.2, -0.15) is 0 Å². The van der Waals surface area contributed by atoms with E-state index in [1.54, 1.807) is 0 Å². The van der Waals surface area contributed by atoms with Crippen molar-refractivity contribution in [2.45, 2.75) is 59.4 Å². The molecule has 0 heterocycles. The fraction of sp³-hybridized carbons (Fsp3) is 0.556. The molecule has 1 atom stereocenters. The van der Waals surface area contributed by atoms with E-state index in [1.165, 1.54) is 35.1 Å². The summed E-state index contributed by atoms with van der Waals surface area (Å²) in [5, 5.41) is 3.67. The molecule has 1 unspecified atom stereocenters. The van der Waals surface area contributed by atoms with Crippen LogP contribution in [0.4, 0.5) is 0 Å². The van der Waals surface area contributed by atoms with Crippen molar-refractivity contribution in [3.05, 3.63) is 47.0 Å². The summed E-state index contributed by atoms with van der Waals surface area (Å²) >= 11 is 0. The third-order valence-corrected chi connectivity index (χ3v) is 3.37. The van der Waals surface area contributed by atoms with Gasteiger partial charge in [-0.1, -0.05) is 41.8 Å². The number of rotatable bonds is 8. The lowest BCUT2D eigenvalue weighted by Gasteiger charge is -2.19. The van der Waals surface area contributed by atoms with Crippen molar-refractivity contribution < 1.29 is 0 Å². The normalized spacial score (nSPS) is 12.4. The largest absolute Gasteiger partial charge is 0.314 e. The molecule has 0 saturated heterocycles. The van der Waals surface area contributed by atoms with Crippen molar-refractivity contribution in [3.8, 4) is 0 Å². The highest BCUT2D eigenvalue weighted by molar-refractivity contribution is 5.29. The molecule has 106 valence electrons. The molecular weight excluding hydrogens is 230 g/mol. The van der Waals surface area contributed by atoms with Gasteiger partial charge < -0.3 is 5.32 Å². The second-order valence-electron chi connectivity index (χ2n) is 5.85. The molecule has 1 nitrogen and oxygen atoms in total. The van der Waals surface area contributed by atoms with Gasteiger partial charge in [-0.15, -0.1) is 6.58 Å². The van der Waals surface area contributed by atoms with E-state index in [0.717, 1.165) is 19.4 Å². The van der Waals surface area contributed by atoms with Gasteiger partial charge in [0.05, 0.1) is 0 Å². The van der Waals surface area contributed by atoms with Crippen LogP contribution in [0.2, 0.25) is 0 Å². The van der Waals surface area contributed by atoms with Crippen LogP contribution < -0.4 is 5.32 Å². The maximum Gasteiger partial charge on any atom is 0.0110 e. The van der Waals surface area contributed by atoms with E-state index in [4.69, 9.17) is 0 Å². The average molecular weight is 259 g/mol. The minimum atomic E-state index is 0.567. The summed E-state index contributed by atoms with van der Waals surface area (Å²) in [6, 6.07) is 7.44. The topological polar surface area (TPSA) is 12.0 Å². The summed E-state index contributed by atoms with van der Waals surface area (Å²) in [5.41, 5.74) is 5.46. The molecule has 0 bridgehead atoms. The Hall–Kier alpha value is -1.08. The Morgan fingerprint density at radius 2 is 1.84 bits per heavy atom. The van der Waals surface area contributed by atoms with Gasteiger partial charge >= 0.3 is 0 Å². The summed E-state index contributed by atoms with van der Waals surface area (Å²) in [6.45, 7) is 13.8. The SMILES string of the molecule is C=C(C)CCC(Cc1cc(C)cc(C)c1)NCCC. The van der Waals surface area contributed by atoms with E-state index in [1.807, 2.05) is 0 Å². The Bertz CT molecular complexity index is 386. The zero-order chi connectivity index (χ0) is 14.3. The van der Waals surface area contributed by atoms with Crippen molar-refractivity contribution in [1.29, 1.82) is 0 Å². The lowest BCUT2D eigenvalue weighted by molar-refractivity contribution is 0.477. The molecule has 1 aromatic rings. The second kappa shape index (κ2) is 8.16. The minimum Gasteiger partial charge on any atom is -0.314 e. The summed E-state index contributed by atoms with van der Waals surface area (Å²) in [4.78, 5) is 0. The Kier molecular flexibility index (Phi) is 6.86. The first-order chi connectivity index (χ1) is 9.01. The van der Waals surface area contributed by atoms with Crippen molar-refractivity contribution in [1.82, 2.24) is 5.32 Å². The first kappa shape index (κ1) is 16.0. The fourth-order valence-electron chi connectivity index (χ4n) is 2.52. The van der Waals surface area contributed by atoms with Crippen LogP contribution in [-0.2, 0) is 6.42 Å². The first-order valence-corrected chi connectivity index (χ1v) is 7.46. The quantitative estimate of drug-likeness (QED) is 0.674. The van der Waals surface area contributed by atoms with E-state index in [0.29, 0.717) is 6.04 Å². The maximum atomic E-state index is 4.01. The van der Waals surface area contributed by atoms with Gasteiger partial charge in [0.2, 0.25) is 0 Å². The fourth-order valence-corrected chi connectivity index (χ4v) is 2.52. The van der Waals surface area contributed by atoms with Crippen LogP contribution in [-0.4, -0.2) is 12.6 Å². The van der Waals surface area contributed by atoms with Gasteiger partial charge in [0.15, 0.2) is 0 Å². The molecule has 1 N–H and O–H groups in total. The summed E-state index contributed by atoms with van der Waals surface area (Å²) in [6.07, 6.45) is 4.61. The summed E-state index contributed by atoms with van der Waals surface area (Å²) in [5.74, 6) is 0. The average Bonchev–Trinajstić information content (AvgIpc) is 2.31. The highest BCUT2D eigenvalue weighted by Crippen LogP contribution is 2.14. The van der Waals surface area contributed by atoms with Gasteiger partial charge in [0.25, 0.3) is 0 Å². The Labute approximate surface area is 119 Å². The molecule has 0 aromatic heterocycles. The van der Waals surface area contributed by atoms with Crippen LogP contribution in [0.5, 0.6) is 0 Å². The van der Waals surface area contributed by atoms with Crippen LogP contribution in [0.1, 0.15) is 49.8 Å². The molecule has 0 radical (unpaired) electrons. The molecule has 0 fully saturated rings. The third kappa shape index (κ3) is 6.58. The van der Waals surface area contributed by atoms with Crippen molar-refractivity contribution in [3.63, 3.8) is 0 Å². The maximum absolute atomic E-state index is 4.01. The van der Waals surface area contributed by atoms with Crippen LogP contribution >= 0.6 is 0 Å². The number of nitrogens with one attached hydrogen (secondary N) is 1. The number of aryl methyl sites for hydroxylation is 2. The second-order valence-corrected chi connectivity index (χ2v) is 5.85. The zero-order valence-corrected chi connectivity index (χ0v) is 13.1. The Morgan fingerprint density at radius 1 is 1.21 bits per heavy atom.